The molecule has 21 heavy (non-hydrogen) atoms. The van der Waals surface area contributed by atoms with Crippen LogP contribution in [-0.2, 0) is 0 Å². The molecule has 120 valence electrons. The molecule has 0 saturated carbocycles. The van der Waals surface area contributed by atoms with Gasteiger partial charge in [-0.05, 0) is 42.9 Å². The van der Waals surface area contributed by atoms with E-state index in [2.05, 4.69) is 61.8 Å². The molecule has 0 saturated heterocycles. The minimum absolute atomic E-state index is 0.467. The lowest BCUT2D eigenvalue weighted by Gasteiger charge is -2.20. The SMILES string of the molecule is CCCOc1ccc(C(C)C(Br)CCC)cc1OCCC. The molecule has 0 aliphatic carbocycles. The van der Waals surface area contributed by atoms with Crippen molar-refractivity contribution in [1.29, 1.82) is 0 Å². The Kier molecular flexibility index (Phi) is 8.82. The largest absolute Gasteiger partial charge is 0.490 e. The molecule has 0 aromatic heterocycles. The predicted octanol–water partition coefficient (Wildman–Crippen LogP) is 5.93. The second-order valence-electron chi connectivity index (χ2n) is 5.50. The Morgan fingerprint density at radius 2 is 1.57 bits per heavy atom. The second kappa shape index (κ2) is 10.1. The molecule has 0 aliphatic rings. The van der Waals surface area contributed by atoms with Crippen molar-refractivity contribution >= 4 is 15.9 Å². The Morgan fingerprint density at radius 3 is 2.14 bits per heavy atom. The van der Waals surface area contributed by atoms with Crippen LogP contribution in [0.1, 0.15) is 64.9 Å². The molecular weight excluding hydrogens is 328 g/mol. The van der Waals surface area contributed by atoms with Crippen molar-refractivity contribution in [1.82, 2.24) is 0 Å². The van der Waals surface area contributed by atoms with Crippen molar-refractivity contribution < 1.29 is 9.47 Å². The molecule has 0 amide bonds. The summed E-state index contributed by atoms with van der Waals surface area (Å²) in [5.74, 6) is 2.21. The molecule has 0 heterocycles. The number of benzene rings is 1. The van der Waals surface area contributed by atoms with E-state index in [1.54, 1.807) is 0 Å². The van der Waals surface area contributed by atoms with Gasteiger partial charge in [0.25, 0.3) is 0 Å². The fraction of sp³-hybridized carbons (Fsp3) is 0.667. The lowest BCUT2D eigenvalue weighted by Crippen LogP contribution is -2.09. The molecular formula is C18H29BrO2. The molecule has 1 aromatic rings. The van der Waals surface area contributed by atoms with Gasteiger partial charge in [0.2, 0.25) is 0 Å². The standard InChI is InChI=1S/C18H29BrO2/c1-5-8-16(19)14(4)15-9-10-17(20-11-6-2)18(13-15)21-12-7-3/h9-10,13-14,16H,5-8,11-12H2,1-4H3. The Balaban J connectivity index is 2.91. The van der Waals surface area contributed by atoms with Crippen LogP contribution in [0.5, 0.6) is 11.5 Å². The summed E-state index contributed by atoms with van der Waals surface area (Å²) < 4.78 is 11.7. The minimum atomic E-state index is 0.467. The van der Waals surface area contributed by atoms with E-state index in [-0.39, 0.29) is 0 Å². The summed E-state index contributed by atoms with van der Waals surface area (Å²) in [6, 6.07) is 6.37. The van der Waals surface area contributed by atoms with Crippen molar-refractivity contribution in [2.75, 3.05) is 13.2 Å². The summed E-state index contributed by atoms with van der Waals surface area (Å²) in [5, 5.41) is 0. The first-order valence-electron chi connectivity index (χ1n) is 8.17. The summed E-state index contributed by atoms with van der Waals surface area (Å²) >= 11 is 3.81. The monoisotopic (exact) mass is 356 g/mol. The number of ether oxygens (including phenoxy) is 2. The van der Waals surface area contributed by atoms with Crippen molar-refractivity contribution in [2.24, 2.45) is 0 Å². The van der Waals surface area contributed by atoms with Crippen LogP contribution in [-0.4, -0.2) is 18.0 Å². The van der Waals surface area contributed by atoms with Gasteiger partial charge in [-0.15, -0.1) is 0 Å². The number of hydrogen-bond acceptors (Lipinski definition) is 2. The molecule has 1 rings (SSSR count). The third-order valence-electron chi connectivity index (χ3n) is 3.52. The topological polar surface area (TPSA) is 18.5 Å². The fourth-order valence-corrected chi connectivity index (χ4v) is 2.96. The van der Waals surface area contributed by atoms with E-state index < -0.39 is 0 Å². The van der Waals surface area contributed by atoms with Crippen molar-refractivity contribution in [3.63, 3.8) is 0 Å². The van der Waals surface area contributed by atoms with Crippen LogP contribution in [0.2, 0.25) is 0 Å². The third kappa shape index (κ3) is 5.90. The Bertz CT molecular complexity index is 406. The molecule has 0 radical (unpaired) electrons. The predicted molar refractivity (Wildman–Crippen MR) is 94.1 cm³/mol. The summed E-state index contributed by atoms with van der Waals surface area (Å²) in [6.07, 6.45) is 4.38. The highest BCUT2D eigenvalue weighted by Gasteiger charge is 2.17. The van der Waals surface area contributed by atoms with Gasteiger partial charge in [0.05, 0.1) is 13.2 Å². The molecule has 0 bridgehead atoms. The molecule has 0 aliphatic heterocycles. The number of rotatable bonds is 10. The van der Waals surface area contributed by atoms with Gasteiger partial charge in [-0.1, -0.05) is 56.1 Å². The van der Waals surface area contributed by atoms with E-state index >= 15 is 0 Å². The first kappa shape index (κ1) is 18.3. The third-order valence-corrected chi connectivity index (χ3v) is 4.77. The van der Waals surface area contributed by atoms with Gasteiger partial charge in [-0.25, -0.2) is 0 Å². The Hall–Kier alpha value is -0.700. The zero-order valence-electron chi connectivity index (χ0n) is 13.8. The summed E-state index contributed by atoms with van der Waals surface area (Å²) in [6.45, 7) is 10.2. The number of alkyl halides is 1. The van der Waals surface area contributed by atoms with Crippen LogP contribution in [0, 0.1) is 0 Å². The van der Waals surface area contributed by atoms with Crippen LogP contribution < -0.4 is 9.47 Å². The van der Waals surface area contributed by atoms with Gasteiger partial charge >= 0.3 is 0 Å². The van der Waals surface area contributed by atoms with E-state index in [9.17, 15) is 0 Å². The van der Waals surface area contributed by atoms with Crippen LogP contribution >= 0.6 is 15.9 Å². The maximum absolute atomic E-state index is 5.87. The summed E-state index contributed by atoms with van der Waals surface area (Å²) in [4.78, 5) is 0.504. The number of halogens is 1. The normalized spacial score (nSPS) is 13.8. The van der Waals surface area contributed by atoms with E-state index in [1.807, 2.05) is 0 Å². The molecule has 0 spiro atoms. The molecule has 2 atom stereocenters. The maximum Gasteiger partial charge on any atom is 0.161 e. The average molecular weight is 357 g/mol. The van der Waals surface area contributed by atoms with E-state index in [0.29, 0.717) is 10.7 Å². The van der Waals surface area contributed by atoms with E-state index in [0.717, 1.165) is 37.6 Å². The molecule has 3 heteroatoms. The molecule has 0 N–H and O–H groups in total. The number of hydrogen-bond donors (Lipinski definition) is 0. The van der Waals surface area contributed by atoms with Gasteiger partial charge in [-0.3, -0.25) is 0 Å². The highest BCUT2D eigenvalue weighted by molar-refractivity contribution is 9.09. The van der Waals surface area contributed by atoms with Crippen molar-refractivity contribution in [2.45, 2.75) is 64.1 Å². The van der Waals surface area contributed by atoms with Crippen LogP contribution in [0.4, 0.5) is 0 Å². The van der Waals surface area contributed by atoms with Crippen molar-refractivity contribution in [3.8, 4) is 11.5 Å². The van der Waals surface area contributed by atoms with Gasteiger partial charge in [-0.2, -0.15) is 0 Å². The smallest absolute Gasteiger partial charge is 0.161 e. The van der Waals surface area contributed by atoms with E-state index in [1.165, 1.54) is 18.4 Å². The average Bonchev–Trinajstić information content (AvgIpc) is 2.50. The quantitative estimate of drug-likeness (QED) is 0.483. The summed E-state index contributed by atoms with van der Waals surface area (Å²) in [5.41, 5.74) is 1.31. The van der Waals surface area contributed by atoms with Crippen LogP contribution in [0.3, 0.4) is 0 Å². The first-order chi connectivity index (χ1) is 10.1. The van der Waals surface area contributed by atoms with Gasteiger partial charge < -0.3 is 9.47 Å². The molecule has 2 nitrogen and oxygen atoms in total. The molecule has 0 fully saturated rings. The Labute approximate surface area is 138 Å². The molecule has 2 unspecified atom stereocenters. The summed E-state index contributed by atoms with van der Waals surface area (Å²) in [7, 11) is 0. The van der Waals surface area contributed by atoms with E-state index in [4.69, 9.17) is 9.47 Å². The lowest BCUT2D eigenvalue weighted by molar-refractivity contribution is 0.268. The van der Waals surface area contributed by atoms with Crippen LogP contribution in [0.15, 0.2) is 18.2 Å². The fourth-order valence-electron chi connectivity index (χ4n) is 2.20. The lowest BCUT2D eigenvalue weighted by atomic mass is 9.95. The minimum Gasteiger partial charge on any atom is -0.490 e. The van der Waals surface area contributed by atoms with Gasteiger partial charge in [0.1, 0.15) is 0 Å². The Morgan fingerprint density at radius 1 is 0.952 bits per heavy atom. The first-order valence-corrected chi connectivity index (χ1v) is 9.09. The van der Waals surface area contributed by atoms with Gasteiger partial charge in [0.15, 0.2) is 11.5 Å². The van der Waals surface area contributed by atoms with Crippen LogP contribution in [0.25, 0.3) is 0 Å². The maximum atomic E-state index is 5.87. The highest BCUT2D eigenvalue weighted by atomic mass is 79.9. The van der Waals surface area contributed by atoms with Crippen molar-refractivity contribution in [3.05, 3.63) is 23.8 Å². The highest BCUT2D eigenvalue weighted by Crippen LogP contribution is 2.35. The zero-order valence-corrected chi connectivity index (χ0v) is 15.4. The van der Waals surface area contributed by atoms with Gasteiger partial charge in [0, 0.05) is 4.83 Å². The zero-order chi connectivity index (χ0) is 15.7. The molecule has 1 aromatic carbocycles. The second-order valence-corrected chi connectivity index (χ2v) is 6.67.